The maximum atomic E-state index is 15.2. The minimum absolute atomic E-state index is 0.0980. The number of halogens is 7. The molecular weight excluding hydrogens is 523 g/mol. The van der Waals surface area contributed by atoms with E-state index in [1.54, 1.807) is 13.8 Å². The molecule has 2 aliphatic heterocycles. The van der Waals surface area contributed by atoms with Crippen LogP contribution < -0.4 is 0 Å². The normalized spacial score (nSPS) is 21.6. The van der Waals surface area contributed by atoms with Gasteiger partial charge in [0.25, 0.3) is 5.90 Å². The van der Waals surface area contributed by atoms with Gasteiger partial charge in [-0.05, 0) is 35.0 Å². The van der Waals surface area contributed by atoms with Gasteiger partial charge in [-0.15, -0.1) is 0 Å². The second kappa shape index (κ2) is 8.46. The maximum absolute atomic E-state index is 15.2. The lowest BCUT2D eigenvalue weighted by Crippen LogP contribution is -2.59. The first-order valence-electron chi connectivity index (χ1n) is 10.0. The number of amides is 1. The van der Waals surface area contributed by atoms with E-state index in [0.29, 0.717) is 0 Å². The summed E-state index contributed by atoms with van der Waals surface area (Å²) in [5.41, 5.74) is -1.90. The standard InChI is InChI=1S/C22H17Cl3F4N2O3/c1-11(2)19(32)31-9-20(26,10-31)13-5-3-12(4-6-13)18-30-34-21(33-18,22(27,28)29)14-7-15(23)17(25)16(24)8-14/h3-8,11H,9-10H2,1-2H3. The lowest BCUT2D eigenvalue weighted by molar-refractivity contribution is -0.352. The third kappa shape index (κ3) is 4.07. The van der Waals surface area contributed by atoms with Crippen molar-refractivity contribution in [2.75, 3.05) is 13.1 Å². The van der Waals surface area contributed by atoms with Gasteiger partial charge in [0.1, 0.15) is 0 Å². The Morgan fingerprint density at radius 1 is 1.06 bits per heavy atom. The zero-order chi connectivity index (χ0) is 25.1. The number of oxime groups is 1. The summed E-state index contributed by atoms with van der Waals surface area (Å²) < 4.78 is 62.5. The molecule has 2 aromatic carbocycles. The van der Waals surface area contributed by atoms with E-state index in [1.165, 1.54) is 29.2 Å². The van der Waals surface area contributed by atoms with Crippen molar-refractivity contribution < 1.29 is 31.9 Å². The number of benzene rings is 2. The molecule has 0 radical (unpaired) electrons. The summed E-state index contributed by atoms with van der Waals surface area (Å²) in [6, 6.07) is 7.39. The van der Waals surface area contributed by atoms with Crippen LogP contribution in [0, 0.1) is 5.92 Å². The monoisotopic (exact) mass is 538 g/mol. The van der Waals surface area contributed by atoms with Crippen molar-refractivity contribution in [2.45, 2.75) is 31.5 Å². The van der Waals surface area contributed by atoms with Crippen molar-refractivity contribution in [1.29, 1.82) is 0 Å². The number of hydrogen-bond donors (Lipinski definition) is 0. The Morgan fingerprint density at radius 3 is 2.12 bits per heavy atom. The molecule has 4 rings (SSSR count). The van der Waals surface area contributed by atoms with Crippen LogP contribution in [-0.2, 0) is 25.8 Å². The summed E-state index contributed by atoms with van der Waals surface area (Å²) in [5.74, 6) is -4.17. The molecule has 1 unspecified atom stereocenters. The van der Waals surface area contributed by atoms with Gasteiger partial charge in [-0.3, -0.25) is 4.79 Å². The molecule has 2 heterocycles. The average molecular weight is 540 g/mol. The number of carbonyl (C=O) groups excluding carboxylic acids is 1. The lowest BCUT2D eigenvalue weighted by atomic mass is 9.86. The van der Waals surface area contributed by atoms with Crippen LogP contribution in [0.2, 0.25) is 15.1 Å². The summed E-state index contributed by atoms with van der Waals surface area (Å²) in [6.45, 7) is 3.26. The molecule has 1 atom stereocenters. The van der Waals surface area contributed by atoms with E-state index in [9.17, 15) is 18.0 Å². The largest absolute Gasteiger partial charge is 0.475 e. The summed E-state index contributed by atoms with van der Waals surface area (Å²) in [6.07, 6.45) is -5.07. The van der Waals surface area contributed by atoms with E-state index < -0.39 is 29.1 Å². The summed E-state index contributed by atoms with van der Waals surface area (Å²) in [5, 5.41) is 2.90. The molecule has 12 heteroatoms. The van der Waals surface area contributed by atoms with E-state index in [0.717, 1.165) is 12.1 Å². The van der Waals surface area contributed by atoms with E-state index in [4.69, 9.17) is 44.4 Å². The molecule has 1 amide bonds. The molecule has 0 spiro atoms. The van der Waals surface area contributed by atoms with E-state index in [-0.39, 0.29) is 51.1 Å². The highest BCUT2D eigenvalue weighted by Gasteiger charge is 2.66. The van der Waals surface area contributed by atoms with Crippen LogP contribution in [0.3, 0.4) is 0 Å². The molecule has 2 aliphatic rings. The first kappa shape index (κ1) is 24.9. The van der Waals surface area contributed by atoms with Gasteiger partial charge in [0, 0.05) is 11.5 Å². The van der Waals surface area contributed by atoms with Crippen LogP contribution in [0.1, 0.15) is 30.5 Å². The third-order valence-electron chi connectivity index (χ3n) is 5.57. The van der Waals surface area contributed by atoms with Gasteiger partial charge >= 0.3 is 12.0 Å². The van der Waals surface area contributed by atoms with Gasteiger partial charge in [0.05, 0.1) is 33.7 Å². The highest BCUT2D eigenvalue weighted by molar-refractivity contribution is 6.48. The number of nitrogens with zero attached hydrogens (tertiary/aromatic N) is 2. The smallest absolute Gasteiger partial charge is 0.419 e. The highest BCUT2D eigenvalue weighted by atomic mass is 35.5. The van der Waals surface area contributed by atoms with Crippen molar-refractivity contribution in [1.82, 2.24) is 4.90 Å². The summed E-state index contributed by atoms with van der Waals surface area (Å²) in [7, 11) is 0. The fraction of sp³-hybridized carbons (Fsp3) is 0.364. The van der Waals surface area contributed by atoms with Crippen molar-refractivity contribution in [3.05, 3.63) is 68.2 Å². The van der Waals surface area contributed by atoms with Crippen LogP contribution in [0.4, 0.5) is 17.6 Å². The Kier molecular flexibility index (Phi) is 6.19. The summed E-state index contributed by atoms with van der Waals surface area (Å²) in [4.78, 5) is 18.2. The van der Waals surface area contributed by atoms with Gasteiger partial charge < -0.3 is 14.5 Å². The minimum Gasteiger partial charge on any atom is -0.419 e. The summed E-state index contributed by atoms with van der Waals surface area (Å²) >= 11 is 17.6. The number of likely N-dealkylation sites (tertiary alicyclic amines) is 1. The first-order chi connectivity index (χ1) is 15.8. The van der Waals surface area contributed by atoms with Gasteiger partial charge in [-0.1, -0.05) is 60.8 Å². The zero-order valence-electron chi connectivity index (χ0n) is 17.7. The molecule has 0 N–H and O–H groups in total. The minimum atomic E-state index is -5.07. The Hall–Kier alpha value is -2.23. The zero-order valence-corrected chi connectivity index (χ0v) is 20.0. The van der Waals surface area contributed by atoms with Crippen LogP contribution >= 0.6 is 34.8 Å². The Labute approximate surface area is 207 Å². The third-order valence-corrected chi connectivity index (χ3v) is 6.77. The van der Waals surface area contributed by atoms with Crippen molar-refractivity contribution >= 4 is 46.6 Å². The molecule has 0 saturated carbocycles. The first-order valence-corrected chi connectivity index (χ1v) is 11.2. The number of hydrogen-bond acceptors (Lipinski definition) is 4. The van der Waals surface area contributed by atoms with Crippen LogP contribution in [0.5, 0.6) is 0 Å². The molecule has 0 aromatic heterocycles. The Morgan fingerprint density at radius 2 is 1.62 bits per heavy atom. The average Bonchev–Trinajstić information content (AvgIpc) is 3.21. The van der Waals surface area contributed by atoms with E-state index >= 15 is 4.39 Å². The molecule has 34 heavy (non-hydrogen) atoms. The van der Waals surface area contributed by atoms with Crippen LogP contribution in [0.25, 0.3) is 0 Å². The van der Waals surface area contributed by atoms with Crippen molar-refractivity contribution in [3.63, 3.8) is 0 Å². The number of carbonyl (C=O) groups is 1. The molecule has 5 nitrogen and oxygen atoms in total. The van der Waals surface area contributed by atoms with Gasteiger partial charge in [-0.25, -0.2) is 4.39 Å². The number of alkyl halides is 4. The topological polar surface area (TPSA) is 51.1 Å². The second-order valence-electron chi connectivity index (χ2n) is 8.35. The maximum Gasteiger partial charge on any atom is 0.475 e. The van der Waals surface area contributed by atoms with E-state index in [1.807, 2.05) is 0 Å². The molecule has 1 fully saturated rings. The van der Waals surface area contributed by atoms with Gasteiger partial charge in [-0.2, -0.15) is 13.2 Å². The Bertz CT molecular complexity index is 1140. The quantitative estimate of drug-likeness (QED) is 0.332. The van der Waals surface area contributed by atoms with Crippen LogP contribution in [-0.4, -0.2) is 36.0 Å². The number of rotatable bonds is 4. The molecule has 0 aliphatic carbocycles. The highest BCUT2D eigenvalue weighted by Crippen LogP contribution is 2.49. The molecular formula is C22H17Cl3F4N2O3. The fourth-order valence-electron chi connectivity index (χ4n) is 3.70. The van der Waals surface area contributed by atoms with Crippen molar-refractivity contribution in [2.24, 2.45) is 11.1 Å². The molecule has 182 valence electrons. The predicted molar refractivity (Wildman–Crippen MR) is 119 cm³/mol. The Balaban J connectivity index is 1.56. The van der Waals surface area contributed by atoms with Crippen molar-refractivity contribution in [3.8, 4) is 0 Å². The molecule has 2 aromatic rings. The molecule has 0 bridgehead atoms. The van der Waals surface area contributed by atoms with Gasteiger partial charge in [0.2, 0.25) is 5.91 Å². The predicted octanol–water partition coefficient (Wildman–Crippen LogP) is 6.43. The molecule has 1 saturated heterocycles. The number of ether oxygens (including phenoxy) is 1. The van der Waals surface area contributed by atoms with E-state index in [2.05, 4.69) is 5.16 Å². The SMILES string of the molecule is CC(C)C(=O)N1CC(F)(c2ccc(C3=NOC(c4cc(Cl)c(Cl)c(Cl)c4)(C(F)(F)F)O3)cc2)C1. The van der Waals surface area contributed by atoms with Gasteiger partial charge in [0.15, 0.2) is 5.67 Å². The lowest BCUT2D eigenvalue weighted by Gasteiger charge is -2.45. The fourth-order valence-corrected chi connectivity index (χ4v) is 4.29. The second-order valence-corrected chi connectivity index (χ2v) is 9.54. The van der Waals surface area contributed by atoms with Crippen LogP contribution in [0.15, 0.2) is 41.6 Å².